The van der Waals surface area contributed by atoms with Crippen LogP contribution in [0.5, 0.6) is 0 Å². The first kappa shape index (κ1) is 18.0. The van der Waals surface area contributed by atoms with Crippen LogP contribution in [0, 0.1) is 6.92 Å². The molecular formula is C15H19ClN4OS2. The van der Waals surface area contributed by atoms with Crippen LogP contribution in [-0.2, 0) is 4.79 Å². The van der Waals surface area contributed by atoms with Gasteiger partial charge in [0.05, 0.1) is 5.25 Å². The fourth-order valence-electron chi connectivity index (χ4n) is 1.74. The molecule has 1 heterocycles. The number of carbonyl (C=O) groups is 1. The number of hydrogen-bond acceptors (Lipinski definition) is 6. The van der Waals surface area contributed by atoms with Crippen LogP contribution < -0.4 is 10.6 Å². The number of amides is 1. The summed E-state index contributed by atoms with van der Waals surface area (Å²) < 4.78 is 0.772. The molecule has 5 nitrogen and oxygen atoms in total. The second kappa shape index (κ2) is 8.52. The van der Waals surface area contributed by atoms with Crippen molar-refractivity contribution < 1.29 is 4.79 Å². The third-order valence-electron chi connectivity index (χ3n) is 3.11. The minimum atomic E-state index is -0.277. The van der Waals surface area contributed by atoms with Crippen LogP contribution in [0.4, 0.5) is 10.8 Å². The fraction of sp³-hybridized carbons (Fsp3) is 0.400. The Balaban J connectivity index is 1.94. The van der Waals surface area contributed by atoms with Crippen LogP contribution in [0.3, 0.4) is 0 Å². The Bertz CT molecular complexity index is 677. The first-order chi connectivity index (χ1) is 11.0. The zero-order chi connectivity index (χ0) is 16.8. The zero-order valence-electron chi connectivity index (χ0n) is 13.2. The highest BCUT2D eigenvalue weighted by Crippen LogP contribution is 2.30. The van der Waals surface area contributed by atoms with Gasteiger partial charge < -0.3 is 10.6 Å². The lowest BCUT2D eigenvalue weighted by Gasteiger charge is -2.12. The van der Waals surface area contributed by atoms with Crippen molar-refractivity contribution in [2.24, 2.45) is 0 Å². The molecule has 1 aromatic carbocycles. The Morgan fingerprint density at radius 3 is 2.96 bits per heavy atom. The zero-order valence-corrected chi connectivity index (χ0v) is 15.6. The molecule has 0 saturated carbocycles. The molecule has 0 unspecified atom stereocenters. The van der Waals surface area contributed by atoms with Gasteiger partial charge in [-0.05, 0) is 38.0 Å². The Kier molecular flexibility index (Phi) is 6.68. The highest BCUT2D eigenvalue weighted by Gasteiger charge is 2.18. The van der Waals surface area contributed by atoms with E-state index in [0.29, 0.717) is 5.02 Å². The van der Waals surface area contributed by atoms with Crippen molar-refractivity contribution in [1.29, 1.82) is 0 Å². The van der Waals surface area contributed by atoms with Gasteiger partial charge in [0.15, 0.2) is 4.34 Å². The van der Waals surface area contributed by atoms with Crippen molar-refractivity contribution in [3.63, 3.8) is 0 Å². The van der Waals surface area contributed by atoms with Crippen molar-refractivity contribution in [3.8, 4) is 0 Å². The van der Waals surface area contributed by atoms with E-state index in [1.165, 1.54) is 23.1 Å². The van der Waals surface area contributed by atoms with Crippen LogP contribution in [0.2, 0.25) is 5.02 Å². The summed E-state index contributed by atoms with van der Waals surface area (Å²) in [6.07, 6.45) is 1.03. The molecule has 0 saturated heterocycles. The topological polar surface area (TPSA) is 66.9 Å². The maximum Gasteiger partial charge on any atom is 0.237 e. The van der Waals surface area contributed by atoms with E-state index in [9.17, 15) is 4.79 Å². The van der Waals surface area contributed by atoms with Crippen molar-refractivity contribution >= 4 is 51.4 Å². The van der Waals surface area contributed by atoms with Gasteiger partial charge in [0.1, 0.15) is 0 Å². The number of anilines is 2. The lowest BCUT2D eigenvalue weighted by molar-refractivity contribution is -0.115. The third-order valence-corrected chi connectivity index (χ3v) is 5.58. The fourth-order valence-corrected chi connectivity index (χ4v) is 3.84. The third kappa shape index (κ3) is 5.09. The molecule has 0 spiro atoms. The van der Waals surface area contributed by atoms with Gasteiger partial charge >= 0.3 is 0 Å². The SMILES string of the molecule is CCCNc1nnc(S[C@@H](C)C(=O)Nc2cccc(Cl)c2C)s1. The average Bonchev–Trinajstić information content (AvgIpc) is 2.97. The van der Waals surface area contributed by atoms with Crippen molar-refractivity contribution in [1.82, 2.24) is 10.2 Å². The molecule has 0 aliphatic rings. The number of thioether (sulfide) groups is 1. The van der Waals surface area contributed by atoms with Gasteiger partial charge in [-0.1, -0.05) is 47.7 Å². The highest BCUT2D eigenvalue weighted by molar-refractivity contribution is 8.02. The summed E-state index contributed by atoms with van der Waals surface area (Å²) in [5.41, 5.74) is 1.60. The second-order valence-electron chi connectivity index (χ2n) is 4.96. The molecule has 0 bridgehead atoms. The summed E-state index contributed by atoms with van der Waals surface area (Å²) >= 11 is 8.93. The van der Waals surface area contributed by atoms with E-state index in [0.717, 1.165) is 33.7 Å². The molecule has 8 heteroatoms. The summed E-state index contributed by atoms with van der Waals surface area (Å²) in [6.45, 7) is 6.68. The predicted octanol–water partition coefficient (Wildman–Crippen LogP) is 4.44. The van der Waals surface area contributed by atoms with E-state index < -0.39 is 0 Å². The number of rotatable bonds is 7. The average molecular weight is 371 g/mol. The Morgan fingerprint density at radius 1 is 1.43 bits per heavy atom. The Morgan fingerprint density at radius 2 is 2.22 bits per heavy atom. The number of nitrogens with one attached hydrogen (secondary N) is 2. The number of aromatic nitrogens is 2. The van der Waals surface area contributed by atoms with Crippen LogP contribution >= 0.6 is 34.7 Å². The van der Waals surface area contributed by atoms with E-state index in [2.05, 4.69) is 27.8 Å². The van der Waals surface area contributed by atoms with Crippen molar-refractivity contribution in [3.05, 3.63) is 28.8 Å². The lowest BCUT2D eigenvalue weighted by Crippen LogP contribution is -2.22. The van der Waals surface area contributed by atoms with Crippen LogP contribution in [-0.4, -0.2) is 27.9 Å². The minimum Gasteiger partial charge on any atom is -0.360 e. The number of carbonyl (C=O) groups excluding carboxylic acids is 1. The number of benzene rings is 1. The maximum absolute atomic E-state index is 12.3. The Labute approximate surface area is 149 Å². The molecule has 1 atom stereocenters. The molecule has 23 heavy (non-hydrogen) atoms. The highest BCUT2D eigenvalue weighted by atomic mass is 35.5. The van der Waals surface area contributed by atoms with Gasteiger partial charge in [-0.3, -0.25) is 4.79 Å². The van der Waals surface area contributed by atoms with Crippen LogP contribution in [0.25, 0.3) is 0 Å². The molecule has 1 aromatic heterocycles. The molecule has 1 amide bonds. The standard InChI is InChI=1S/C15H19ClN4OS2/c1-4-8-17-14-19-20-15(23-14)22-10(3)13(21)18-12-7-5-6-11(16)9(12)2/h5-7,10H,4,8H2,1-3H3,(H,17,19)(H,18,21)/t10-/m0/s1. The maximum atomic E-state index is 12.3. The normalized spacial score (nSPS) is 12.0. The van der Waals surface area contributed by atoms with Crippen LogP contribution in [0.1, 0.15) is 25.8 Å². The second-order valence-corrected chi connectivity index (χ2v) is 7.93. The molecule has 124 valence electrons. The summed E-state index contributed by atoms with van der Waals surface area (Å²) in [6, 6.07) is 5.46. The summed E-state index contributed by atoms with van der Waals surface area (Å²) in [5, 5.41) is 15.4. The molecule has 0 aliphatic carbocycles. The lowest BCUT2D eigenvalue weighted by atomic mass is 10.2. The quantitative estimate of drug-likeness (QED) is 0.705. The summed E-state index contributed by atoms with van der Waals surface area (Å²) in [4.78, 5) is 12.3. The molecule has 2 aromatic rings. The molecule has 2 rings (SSSR count). The Hall–Kier alpha value is -1.31. The van der Waals surface area contributed by atoms with Crippen molar-refractivity contribution in [2.45, 2.75) is 36.8 Å². The van der Waals surface area contributed by atoms with E-state index in [4.69, 9.17) is 11.6 Å². The van der Waals surface area contributed by atoms with E-state index in [-0.39, 0.29) is 11.2 Å². The van der Waals surface area contributed by atoms with Gasteiger partial charge in [-0.25, -0.2) is 0 Å². The molecular weight excluding hydrogens is 352 g/mol. The molecule has 0 aliphatic heterocycles. The predicted molar refractivity (Wildman–Crippen MR) is 98.8 cm³/mol. The first-order valence-electron chi connectivity index (χ1n) is 7.31. The summed E-state index contributed by atoms with van der Waals surface area (Å²) in [5.74, 6) is -0.0846. The van der Waals surface area contributed by atoms with Gasteiger partial charge in [0, 0.05) is 17.3 Å². The van der Waals surface area contributed by atoms with Gasteiger partial charge in [0.2, 0.25) is 11.0 Å². The van der Waals surface area contributed by atoms with Crippen molar-refractivity contribution in [2.75, 3.05) is 17.2 Å². The molecule has 0 radical (unpaired) electrons. The summed E-state index contributed by atoms with van der Waals surface area (Å²) in [7, 11) is 0. The van der Waals surface area contributed by atoms with Crippen LogP contribution in [0.15, 0.2) is 22.5 Å². The first-order valence-corrected chi connectivity index (χ1v) is 9.38. The number of hydrogen-bond donors (Lipinski definition) is 2. The van der Waals surface area contributed by atoms with E-state index in [1.54, 1.807) is 6.07 Å². The minimum absolute atomic E-state index is 0.0846. The monoisotopic (exact) mass is 370 g/mol. The van der Waals surface area contributed by atoms with Gasteiger partial charge in [-0.15, -0.1) is 10.2 Å². The van der Waals surface area contributed by atoms with Gasteiger partial charge in [0.25, 0.3) is 0 Å². The van der Waals surface area contributed by atoms with E-state index >= 15 is 0 Å². The van der Waals surface area contributed by atoms with E-state index in [1.807, 2.05) is 26.0 Å². The number of halogens is 1. The molecule has 2 N–H and O–H groups in total. The molecule has 0 fully saturated rings. The number of nitrogens with zero attached hydrogens (tertiary/aromatic N) is 2. The smallest absolute Gasteiger partial charge is 0.237 e. The van der Waals surface area contributed by atoms with Gasteiger partial charge in [-0.2, -0.15) is 0 Å². The largest absolute Gasteiger partial charge is 0.360 e.